The molecule has 2 saturated carbocycles. The third-order valence-electron chi connectivity index (χ3n) is 7.72. The molecule has 2 heterocycles. The fourth-order valence-corrected chi connectivity index (χ4v) is 6.22. The highest BCUT2D eigenvalue weighted by Gasteiger charge is 2.49. The Morgan fingerprint density at radius 2 is 1.97 bits per heavy atom. The van der Waals surface area contributed by atoms with E-state index in [2.05, 4.69) is 5.16 Å². The molecule has 0 unspecified atom stereocenters. The number of carboxylic acid groups (broad SMARTS) is 1. The van der Waals surface area contributed by atoms with E-state index in [0.29, 0.717) is 39.5 Å². The standard InChI is InChI=1S/C27H25Cl2FN2O4/c28-19-2-1-3-20(29)23(19)24-18(25(36-31-24)15-4-5-15)13-35-17-11-27(12-17)8-9-32(14-27)22-7-6-16(26(33)34)10-21(22)30/h1-3,6-7,10,15,17H,4-5,8-9,11-14H2,(H,33,34). The minimum absolute atomic E-state index is 0.0426. The van der Waals surface area contributed by atoms with Crippen LogP contribution in [-0.4, -0.2) is 35.4 Å². The zero-order valence-electron chi connectivity index (χ0n) is 19.5. The van der Waals surface area contributed by atoms with Gasteiger partial charge in [-0.15, -0.1) is 0 Å². The van der Waals surface area contributed by atoms with E-state index in [-0.39, 0.29) is 17.1 Å². The third-order valence-corrected chi connectivity index (χ3v) is 8.35. The number of rotatable bonds is 7. The normalized spacial score (nSPS) is 23.3. The molecule has 0 atom stereocenters. The SMILES string of the molecule is O=C(O)c1ccc(N2CCC3(CC(OCc4c(-c5c(Cl)cccc5Cl)noc4C4CC4)C3)C2)c(F)c1. The highest BCUT2D eigenvalue weighted by Crippen LogP contribution is 2.51. The van der Waals surface area contributed by atoms with Gasteiger partial charge in [-0.25, -0.2) is 9.18 Å². The molecular formula is C27H25Cl2FN2O4. The van der Waals surface area contributed by atoms with Crippen LogP contribution in [0, 0.1) is 11.2 Å². The Morgan fingerprint density at radius 3 is 2.64 bits per heavy atom. The molecule has 0 amide bonds. The van der Waals surface area contributed by atoms with E-state index >= 15 is 0 Å². The van der Waals surface area contributed by atoms with Gasteiger partial charge in [0.2, 0.25) is 0 Å². The van der Waals surface area contributed by atoms with Gasteiger partial charge in [0.1, 0.15) is 17.3 Å². The number of nitrogens with zero attached hydrogens (tertiary/aromatic N) is 2. The Kier molecular flexibility index (Phi) is 5.97. The Bertz CT molecular complexity index is 1310. The summed E-state index contributed by atoms with van der Waals surface area (Å²) in [7, 11) is 0. The van der Waals surface area contributed by atoms with Crippen LogP contribution in [0.5, 0.6) is 0 Å². The van der Waals surface area contributed by atoms with Crippen LogP contribution in [0.2, 0.25) is 10.0 Å². The van der Waals surface area contributed by atoms with Gasteiger partial charge in [0.15, 0.2) is 0 Å². The number of hydrogen-bond acceptors (Lipinski definition) is 5. The minimum atomic E-state index is -1.13. The molecule has 2 aliphatic carbocycles. The first-order valence-corrected chi connectivity index (χ1v) is 12.9. The van der Waals surface area contributed by atoms with Gasteiger partial charge in [-0.1, -0.05) is 34.4 Å². The van der Waals surface area contributed by atoms with Crippen molar-refractivity contribution in [2.45, 2.75) is 50.7 Å². The molecular weight excluding hydrogens is 506 g/mol. The average Bonchev–Trinajstić information content (AvgIpc) is 3.43. The van der Waals surface area contributed by atoms with E-state index in [1.165, 1.54) is 6.07 Å². The molecule has 0 radical (unpaired) electrons. The van der Waals surface area contributed by atoms with Gasteiger partial charge in [0.25, 0.3) is 0 Å². The lowest BCUT2D eigenvalue weighted by Crippen LogP contribution is -2.44. The summed E-state index contributed by atoms with van der Waals surface area (Å²) in [6.45, 7) is 1.85. The van der Waals surface area contributed by atoms with Gasteiger partial charge in [-0.2, -0.15) is 0 Å². The van der Waals surface area contributed by atoms with Crippen molar-refractivity contribution in [2.24, 2.45) is 5.41 Å². The fraction of sp³-hybridized carbons (Fsp3) is 0.407. The average molecular weight is 531 g/mol. The maximum absolute atomic E-state index is 14.6. The molecule has 36 heavy (non-hydrogen) atoms. The molecule has 6 nitrogen and oxygen atoms in total. The Morgan fingerprint density at radius 1 is 1.22 bits per heavy atom. The Hall–Kier alpha value is -2.61. The molecule has 1 saturated heterocycles. The van der Waals surface area contributed by atoms with Crippen molar-refractivity contribution in [1.29, 1.82) is 0 Å². The molecule has 3 fully saturated rings. The molecule has 2 aromatic carbocycles. The molecule has 3 aromatic rings. The van der Waals surface area contributed by atoms with Gasteiger partial charge in [-0.3, -0.25) is 0 Å². The maximum Gasteiger partial charge on any atom is 0.335 e. The van der Waals surface area contributed by atoms with E-state index < -0.39 is 11.8 Å². The summed E-state index contributed by atoms with van der Waals surface area (Å²) >= 11 is 12.9. The minimum Gasteiger partial charge on any atom is -0.478 e. The van der Waals surface area contributed by atoms with Gasteiger partial charge >= 0.3 is 5.97 Å². The van der Waals surface area contributed by atoms with E-state index in [1.807, 2.05) is 4.90 Å². The van der Waals surface area contributed by atoms with Crippen LogP contribution in [0.1, 0.15) is 59.7 Å². The number of carbonyl (C=O) groups is 1. The van der Waals surface area contributed by atoms with Crippen LogP contribution < -0.4 is 4.90 Å². The summed E-state index contributed by atoms with van der Waals surface area (Å²) in [6.07, 6.45) is 4.98. The Balaban J connectivity index is 1.12. The summed E-state index contributed by atoms with van der Waals surface area (Å²) in [4.78, 5) is 13.1. The maximum atomic E-state index is 14.6. The number of hydrogen-bond donors (Lipinski definition) is 1. The van der Waals surface area contributed by atoms with Crippen molar-refractivity contribution in [3.8, 4) is 11.3 Å². The highest BCUT2D eigenvalue weighted by molar-refractivity contribution is 6.39. The van der Waals surface area contributed by atoms with Crippen LogP contribution in [0.4, 0.5) is 10.1 Å². The van der Waals surface area contributed by atoms with Gasteiger partial charge in [-0.05, 0) is 67.9 Å². The van der Waals surface area contributed by atoms with E-state index in [1.54, 1.807) is 24.3 Å². The molecule has 9 heteroatoms. The summed E-state index contributed by atoms with van der Waals surface area (Å²) in [5.74, 6) is -0.396. The van der Waals surface area contributed by atoms with Crippen LogP contribution in [0.25, 0.3) is 11.3 Å². The number of anilines is 1. The van der Waals surface area contributed by atoms with E-state index in [9.17, 15) is 9.18 Å². The lowest BCUT2D eigenvalue weighted by atomic mass is 9.66. The van der Waals surface area contributed by atoms with Gasteiger partial charge in [0.05, 0.1) is 34.0 Å². The largest absolute Gasteiger partial charge is 0.478 e. The second kappa shape index (κ2) is 9.05. The zero-order valence-corrected chi connectivity index (χ0v) is 21.0. The lowest BCUT2D eigenvalue weighted by Gasteiger charge is -2.45. The summed E-state index contributed by atoms with van der Waals surface area (Å²) < 4.78 is 26.6. The quantitative estimate of drug-likeness (QED) is 0.356. The van der Waals surface area contributed by atoms with Crippen LogP contribution in [-0.2, 0) is 11.3 Å². The number of aromatic nitrogens is 1. The molecule has 0 bridgehead atoms. The summed E-state index contributed by atoms with van der Waals surface area (Å²) in [5.41, 5.74) is 2.74. The van der Waals surface area contributed by atoms with Gasteiger partial charge < -0.3 is 19.3 Å². The highest BCUT2D eigenvalue weighted by atomic mass is 35.5. The van der Waals surface area contributed by atoms with Gasteiger partial charge in [0, 0.05) is 30.1 Å². The van der Waals surface area contributed by atoms with Crippen molar-refractivity contribution in [3.05, 3.63) is 69.1 Å². The van der Waals surface area contributed by atoms with Crippen molar-refractivity contribution in [2.75, 3.05) is 18.0 Å². The first-order valence-electron chi connectivity index (χ1n) is 12.2. The predicted molar refractivity (Wildman–Crippen MR) is 134 cm³/mol. The fourth-order valence-electron chi connectivity index (χ4n) is 5.64. The second-order valence-electron chi connectivity index (χ2n) is 10.2. The van der Waals surface area contributed by atoms with E-state index in [4.69, 9.17) is 37.6 Å². The van der Waals surface area contributed by atoms with Crippen LogP contribution >= 0.6 is 23.2 Å². The number of halogens is 3. The summed E-state index contributed by atoms with van der Waals surface area (Å²) in [5, 5.41) is 14.5. The number of carboxylic acids is 1. The molecule has 6 rings (SSSR count). The molecule has 1 aromatic heterocycles. The van der Waals surface area contributed by atoms with Crippen molar-refractivity contribution < 1.29 is 23.6 Å². The topological polar surface area (TPSA) is 75.8 Å². The number of ether oxygens (including phenoxy) is 1. The van der Waals surface area contributed by atoms with Crippen LogP contribution in [0.3, 0.4) is 0 Å². The molecule has 3 aliphatic rings. The van der Waals surface area contributed by atoms with Crippen LogP contribution in [0.15, 0.2) is 40.9 Å². The number of aromatic carboxylic acids is 1. The van der Waals surface area contributed by atoms with Crippen molar-refractivity contribution >= 4 is 34.9 Å². The smallest absolute Gasteiger partial charge is 0.335 e. The zero-order chi connectivity index (χ0) is 25.0. The number of benzene rings is 2. The Labute approximate surface area is 217 Å². The summed E-state index contributed by atoms with van der Waals surface area (Å²) in [6, 6.07) is 9.50. The molecule has 1 spiro atoms. The third kappa shape index (κ3) is 4.27. The molecule has 1 N–H and O–H groups in total. The molecule has 1 aliphatic heterocycles. The van der Waals surface area contributed by atoms with Crippen molar-refractivity contribution in [3.63, 3.8) is 0 Å². The lowest BCUT2D eigenvalue weighted by molar-refractivity contribution is -0.0796. The van der Waals surface area contributed by atoms with E-state index in [0.717, 1.165) is 62.6 Å². The molecule has 188 valence electrons. The first kappa shape index (κ1) is 23.8. The predicted octanol–water partition coefficient (Wildman–Crippen LogP) is 6.94. The monoisotopic (exact) mass is 530 g/mol. The second-order valence-corrected chi connectivity index (χ2v) is 11.0. The van der Waals surface area contributed by atoms with Crippen molar-refractivity contribution in [1.82, 2.24) is 5.16 Å². The first-order chi connectivity index (χ1) is 17.3.